The largest absolute Gasteiger partial charge is 0.376 e. The SMILES string of the molecule is Cc1nn(Cc2ccccc2Cl)c(C)c1C(=O)Nc1ccc(N(C)C)c(Cl)c1. The summed E-state index contributed by atoms with van der Waals surface area (Å²) in [5.41, 5.74) is 4.48. The first-order chi connectivity index (χ1) is 13.3. The Labute approximate surface area is 174 Å². The number of carbonyl (C=O) groups excluding carboxylic acids is 1. The van der Waals surface area contributed by atoms with Gasteiger partial charge in [0.1, 0.15) is 0 Å². The van der Waals surface area contributed by atoms with Crippen LogP contribution in [-0.4, -0.2) is 29.8 Å². The average molecular weight is 417 g/mol. The molecule has 0 saturated carbocycles. The van der Waals surface area contributed by atoms with Crippen molar-refractivity contribution >= 4 is 40.5 Å². The molecule has 0 radical (unpaired) electrons. The van der Waals surface area contributed by atoms with Crippen LogP contribution in [0.5, 0.6) is 0 Å². The summed E-state index contributed by atoms with van der Waals surface area (Å²) in [6.07, 6.45) is 0. The van der Waals surface area contributed by atoms with E-state index in [1.807, 2.05) is 69.2 Å². The fourth-order valence-corrected chi connectivity index (χ4v) is 3.65. The number of aromatic nitrogens is 2. The molecule has 7 heteroatoms. The van der Waals surface area contributed by atoms with Crippen molar-refractivity contribution in [1.82, 2.24) is 9.78 Å². The highest BCUT2D eigenvalue weighted by Crippen LogP contribution is 2.28. The third-order valence-corrected chi connectivity index (χ3v) is 5.25. The topological polar surface area (TPSA) is 50.2 Å². The van der Waals surface area contributed by atoms with E-state index in [4.69, 9.17) is 23.2 Å². The van der Waals surface area contributed by atoms with E-state index in [2.05, 4.69) is 10.4 Å². The molecule has 2 aromatic carbocycles. The van der Waals surface area contributed by atoms with Crippen LogP contribution in [0.15, 0.2) is 42.5 Å². The summed E-state index contributed by atoms with van der Waals surface area (Å²) in [4.78, 5) is 14.8. The van der Waals surface area contributed by atoms with Gasteiger partial charge in [0.05, 0.1) is 28.5 Å². The predicted molar refractivity (Wildman–Crippen MR) is 116 cm³/mol. The van der Waals surface area contributed by atoms with Crippen LogP contribution in [0.2, 0.25) is 10.0 Å². The van der Waals surface area contributed by atoms with Crippen molar-refractivity contribution in [2.75, 3.05) is 24.3 Å². The first-order valence-corrected chi connectivity index (χ1v) is 9.59. The minimum Gasteiger partial charge on any atom is -0.376 e. The zero-order chi connectivity index (χ0) is 20.4. The molecule has 1 N–H and O–H groups in total. The van der Waals surface area contributed by atoms with Crippen molar-refractivity contribution in [1.29, 1.82) is 0 Å². The molecule has 3 rings (SSSR count). The second-order valence-corrected chi connectivity index (χ2v) is 7.62. The van der Waals surface area contributed by atoms with Crippen molar-refractivity contribution < 1.29 is 4.79 Å². The maximum Gasteiger partial charge on any atom is 0.259 e. The lowest BCUT2D eigenvalue weighted by molar-refractivity contribution is 0.102. The zero-order valence-corrected chi connectivity index (χ0v) is 17.8. The lowest BCUT2D eigenvalue weighted by atomic mass is 10.1. The second-order valence-electron chi connectivity index (χ2n) is 6.81. The molecule has 0 aliphatic heterocycles. The Morgan fingerprint density at radius 1 is 1.11 bits per heavy atom. The molecular formula is C21H22Cl2N4O. The third kappa shape index (κ3) is 4.16. The van der Waals surface area contributed by atoms with Gasteiger partial charge in [0, 0.05) is 30.5 Å². The fourth-order valence-electron chi connectivity index (χ4n) is 3.11. The molecule has 0 unspecified atom stereocenters. The number of nitrogens with one attached hydrogen (secondary N) is 1. The van der Waals surface area contributed by atoms with Crippen LogP contribution >= 0.6 is 23.2 Å². The van der Waals surface area contributed by atoms with Gasteiger partial charge in [0.25, 0.3) is 5.91 Å². The van der Waals surface area contributed by atoms with Crippen LogP contribution in [-0.2, 0) is 6.54 Å². The van der Waals surface area contributed by atoms with Crippen LogP contribution in [0, 0.1) is 13.8 Å². The first kappa shape index (κ1) is 20.2. The van der Waals surface area contributed by atoms with Crippen molar-refractivity contribution in [3.05, 3.63) is 75.0 Å². The van der Waals surface area contributed by atoms with E-state index < -0.39 is 0 Å². The summed E-state index contributed by atoms with van der Waals surface area (Å²) in [7, 11) is 3.83. The highest BCUT2D eigenvalue weighted by atomic mass is 35.5. The summed E-state index contributed by atoms with van der Waals surface area (Å²) in [5.74, 6) is -0.214. The smallest absolute Gasteiger partial charge is 0.259 e. The van der Waals surface area contributed by atoms with Crippen molar-refractivity contribution in [2.45, 2.75) is 20.4 Å². The van der Waals surface area contributed by atoms with Crippen LogP contribution in [0.3, 0.4) is 0 Å². The molecule has 0 atom stereocenters. The standard InChI is InChI=1S/C21H22Cl2N4O/c1-13-20(14(2)27(25-13)12-15-7-5-6-8-17(15)22)21(28)24-16-9-10-19(26(3)4)18(23)11-16/h5-11H,12H2,1-4H3,(H,24,28). The van der Waals surface area contributed by atoms with Gasteiger partial charge in [-0.2, -0.15) is 5.10 Å². The molecule has 0 aliphatic carbocycles. The van der Waals surface area contributed by atoms with Crippen LogP contribution in [0.4, 0.5) is 11.4 Å². The Kier molecular flexibility index (Phi) is 5.96. The number of anilines is 2. The maximum atomic E-state index is 12.9. The molecule has 0 fully saturated rings. The number of hydrogen-bond acceptors (Lipinski definition) is 3. The first-order valence-electron chi connectivity index (χ1n) is 8.83. The number of amides is 1. The van der Waals surface area contributed by atoms with Gasteiger partial charge in [-0.3, -0.25) is 9.48 Å². The van der Waals surface area contributed by atoms with E-state index in [9.17, 15) is 4.79 Å². The summed E-state index contributed by atoms with van der Waals surface area (Å²) in [5, 5.41) is 8.69. The van der Waals surface area contributed by atoms with Crippen molar-refractivity contribution in [2.24, 2.45) is 0 Å². The van der Waals surface area contributed by atoms with Gasteiger partial charge in [0.15, 0.2) is 0 Å². The lowest BCUT2D eigenvalue weighted by Gasteiger charge is -2.15. The summed E-state index contributed by atoms with van der Waals surface area (Å²) < 4.78 is 1.80. The van der Waals surface area contributed by atoms with E-state index in [0.29, 0.717) is 33.5 Å². The van der Waals surface area contributed by atoms with Crippen molar-refractivity contribution in [3.63, 3.8) is 0 Å². The summed E-state index contributed by atoms with van der Waals surface area (Å²) in [6, 6.07) is 13.1. The number of carbonyl (C=O) groups is 1. The predicted octanol–water partition coefficient (Wildman–Crippen LogP) is 5.17. The van der Waals surface area contributed by atoms with E-state index in [0.717, 1.165) is 16.9 Å². The molecule has 0 bridgehead atoms. The summed E-state index contributed by atoms with van der Waals surface area (Å²) in [6.45, 7) is 4.21. The second kappa shape index (κ2) is 8.25. The van der Waals surface area contributed by atoms with E-state index in [1.165, 1.54) is 0 Å². The van der Waals surface area contributed by atoms with Gasteiger partial charge >= 0.3 is 0 Å². The number of aryl methyl sites for hydroxylation is 1. The number of benzene rings is 2. The van der Waals surface area contributed by atoms with Crippen LogP contribution in [0.1, 0.15) is 27.3 Å². The van der Waals surface area contributed by atoms with Gasteiger partial charge in [-0.25, -0.2) is 0 Å². The van der Waals surface area contributed by atoms with Crippen molar-refractivity contribution in [3.8, 4) is 0 Å². The zero-order valence-electron chi connectivity index (χ0n) is 16.3. The Hall–Kier alpha value is -2.50. The minimum atomic E-state index is -0.214. The Morgan fingerprint density at radius 2 is 1.82 bits per heavy atom. The molecule has 3 aromatic rings. The van der Waals surface area contributed by atoms with Gasteiger partial charge in [-0.1, -0.05) is 41.4 Å². The highest BCUT2D eigenvalue weighted by molar-refractivity contribution is 6.33. The van der Waals surface area contributed by atoms with Crippen LogP contribution < -0.4 is 10.2 Å². The Morgan fingerprint density at radius 3 is 2.46 bits per heavy atom. The quantitative estimate of drug-likeness (QED) is 0.623. The van der Waals surface area contributed by atoms with E-state index in [1.54, 1.807) is 10.7 Å². The minimum absolute atomic E-state index is 0.214. The Balaban J connectivity index is 1.84. The Bertz CT molecular complexity index is 1030. The van der Waals surface area contributed by atoms with Gasteiger partial charge in [-0.15, -0.1) is 0 Å². The number of nitrogens with zero attached hydrogens (tertiary/aromatic N) is 3. The fraction of sp³-hybridized carbons (Fsp3) is 0.238. The number of halogens is 2. The third-order valence-electron chi connectivity index (χ3n) is 4.57. The molecule has 0 aliphatic rings. The molecule has 5 nitrogen and oxygen atoms in total. The molecule has 1 aromatic heterocycles. The maximum absolute atomic E-state index is 12.9. The lowest BCUT2D eigenvalue weighted by Crippen LogP contribution is -2.15. The molecule has 1 heterocycles. The molecule has 146 valence electrons. The molecule has 0 spiro atoms. The number of rotatable bonds is 5. The van der Waals surface area contributed by atoms with Gasteiger partial charge < -0.3 is 10.2 Å². The van der Waals surface area contributed by atoms with Crippen LogP contribution in [0.25, 0.3) is 0 Å². The van der Waals surface area contributed by atoms with Gasteiger partial charge in [0.2, 0.25) is 0 Å². The van der Waals surface area contributed by atoms with E-state index >= 15 is 0 Å². The normalized spacial score (nSPS) is 10.8. The van der Waals surface area contributed by atoms with E-state index in [-0.39, 0.29) is 5.91 Å². The monoisotopic (exact) mass is 416 g/mol. The molecule has 28 heavy (non-hydrogen) atoms. The summed E-state index contributed by atoms with van der Waals surface area (Å²) >= 11 is 12.6. The number of hydrogen-bond donors (Lipinski definition) is 1. The molecule has 1 amide bonds. The average Bonchev–Trinajstić information content (AvgIpc) is 2.90. The molecular weight excluding hydrogens is 395 g/mol. The molecule has 0 saturated heterocycles. The highest BCUT2D eigenvalue weighted by Gasteiger charge is 2.19. The van der Waals surface area contributed by atoms with Gasteiger partial charge in [-0.05, 0) is 43.7 Å².